The summed E-state index contributed by atoms with van der Waals surface area (Å²) in [5, 5.41) is 3.29. The lowest BCUT2D eigenvalue weighted by Gasteiger charge is -2.38. The lowest BCUT2D eigenvalue weighted by Crippen LogP contribution is -2.39. The highest BCUT2D eigenvalue weighted by Crippen LogP contribution is 2.34. The van der Waals surface area contributed by atoms with Gasteiger partial charge in [0.25, 0.3) is 0 Å². The molecular formula is C16H25BrN2. The van der Waals surface area contributed by atoms with Crippen LogP contribution in [-0.2, 0) is 0 Å². The Bertz CT molecular complexity index is 419. The second kappa shape index (κ2) is 6.76. The molecule has 1 fully saturated rings. The van der Waals surface area contributed by atoms with Gasteiger partial charge in [-0.1, -0.05) is 13.0 Å². The fourth-order valence-electron chi connectivity index (χ4n) is 2.93. The highest BCUT2D eigenvalue weighted by molar-refractivity contribution is 9.10. The molecule has 2 rings (SSSR count). The standard InChI is InChI=1S/C16H25BrN2/c1-4-14-7-5-6-10-19(14)16-9-8-13(11-15(16)17)12(2)18-3/h8-9,11-12,14,18H,4-7,10H2,1-3H3. The van der Waals surface area contributed by atoms with Gasteiger partial charge in [0.2, 0.25) is 0 Å². The molecule has 0 aromatic heterocycles. The minimum Gasteiger partial charge on any atom is -0.368 e. The van der Waals surface area contributed by atoms with E-state index in [1.807, 2.05) is 7.05 Å². The Morgan fingerprint density at radius 2 is 2.21 bits per heavy atom. The minimum absolute atomic E-state index is 0.397. The summed E-state index contributed by atoms with van der Waals surface area (Å²) in [6, 6.07) is 7.90. The maximum Gasteiger partial charge on any atom is 0.0513 e. The summed E-state index contributed by atoms with van der Waals surface area (Å²) in [5.41, 5.74) is 2.70. The number of piperidine rings is 1. The van der Waals surface area contributed by atoms with E-state index in [1.54, 1.807) is 0 Å². The summed E-state index contributed by atoms with van der Waals surface area (Å²) in [6.45, 7) is 5.68. The topological polar surface area (TPSA) is 15.3 Å². The summed E-state index contributed by atoms with van der Waals surface area (Å²) in [4.78, 5) is 2.58. The summed E-state index contributed by atoms with van der Waals surface area (Å²) in [5.74, 6) is 0. The number of hydrogen-bond acceptors (Lipinski definition) is 2. The average molecular weight is 325 g/mol. The second-order valence-corrected chi connectivity index (χ2v) is 6.33. The molecule has 0 radical (unpaired) electrons. The molecule has 0 bridgehead atoms. The van der Waals surface area contributed by atoms with Gasteiger partial charge in [-0.05, 0) is 73.3 Å². The highest BCUT2D eigenvalue weighted by atomic mass is 79.9. The molecular weight excluding hydrogens is 300 g/mol. The van der Waals surface area contributed by atoms with E-state index in [4.69, 9.17) is 0 Å². The fourth-order valence-corrected chi connectivity index (χ4v) is 3.56. The van der Waals surface area contributed by atoms with Crippen molar-refractivity contribution in [3.05, 3.63) is 28.2 Å². The predicted octanol–water partition coefficient (Wildman–Crippen LogP) is 4.50. The number of hydrogen-bond donors (Lipinski definition) is 1. The van der Waals surface area contributed by atoms with Crippen LogP contribution in [0.5, 0.6) is 0 Å². The zero-order valence-electron chi connectivity index (χ0n) is 12.2. The lowest BCUT2D eigenvalue weighted by atomic mass is 9.98. The van der Waals surface area contributed by atoms with Gasteiger partial charge in [-0.3, -0.25) is 0 Å². The van der Waals surface area contributed by atoms with Crippen molar-refractivity contribution in [2.24, 2.45) is 0 Å². The lowest BCUT2D eigenvalue weighted by molar-refractivity contribution is 0.449. The molecule has 1 aromatic rings. The number of nitrogens with one attached hydrogen (secondary N) is 1. The summed E-state index contributed by atoms with van der Waals surface area (Å²) < 4.78 is 1.23. The Kier molecular flexibility index (Phi) is 5.28. The largest absolute Gasteiger partial charge is 0.368 e. The number of benzene rings is 1. The molecule has 0 aliphatic carbocycles. The van der Waals surface area contributed by atoms with Gasteiger partial charge < -0.3 is 10.2 Å². The smallest absolute Gasteiger partial charge is 0.0513 e. The van der Waals surface area contributed by atoms with E-state index >= 15 is 0 Å². The van der Waals surface area contributed by atoms with Gasteiger partial charge in [0.15, 0.2) is 0 Å². The van der Waals surface area contributed by atoms with E-state index in [-0.39, 0.29) is 0 Å². The minimum atomic E-state index is 0.397. The zero-order chi connectivity index (χ0) is 13.8. The summed E-state index contributed by atoms with van der Waals surface area (Å²) in [6.07, 6.45) is 5.26. The van der Waals surface area contributed by atoms with Crippen LogP contribution < -0.4 is 10.2 Å². The van der Waals surface area contributed by atoms with E-state index in [0.29, 0.717) is 12.1 Å². The van der Waals surface area contributed by atoms with Crippen LogP contribution >= 0.6 is 15.9 Å². The van der Waals surface area contributed by atoms with E-state index in [9.17, 15) is 0 Å². The van der Waals surface area contributed by atoms with Crippen molar-refractivity contribution in [2.45, 2.75) is 51.6 Å². The molecule has 1 N–H and O–H groups in total. The SMILES string of the molecule is CCC1CCCCN1c1ccc(C(C)NC)cc1Br. The van der Waals surface area contributed by atoms with Gasteiger partial charge in [0, 0.05) is 23.1 Å². The van der Waals surface area contributed by atoms with Crippen LogP contribution in [0.1, 0.15) is 51.1 Å². The number of nitrogens with zero attached hydrogens (tertiary/aromatic N) is 1. The van der Waals surface area contributed by atoms with Gasteiger partial charge in [0.1, 0.15) is 0 Å². The van der Waals surface area contributed by atoms with Crippen molar-refractivity contribution in [2.75, 3.05) is 18.5 Å². The Hall–Kier alpha value is -0.540. The first-order valence-electron chi connectivity index (χ1n) is 7.40. The number of anilines is 1. The maximum atomic E-state index is 3.77. The molecule has 1 aliphatic rings. The molecule has 2 unspecified atom stereocenters. The van der Waals surface area contributed by atoms with E-state index in [2.05, 4.69) is 58.2 Å². The van der Waals surface area contributed by atoms with Crippen LogP contribution in [0, 0.1) is 0 Å². The average Bonchev–Trinajstić information content (AvgIpc) is 2.46. The van der Waals surface area contributed by atoms with Gasteiger partial charge in [0.05, 0.1) is 5.69 Å². The van der Waals surface area contributed by atoms with Crippen molar-refractivity contribution in [1.82, 2.24) is 5.32 Å². The highest BCUT2D eigenvalue weighted by Gasteiger charge is 2.22. The van der Waals surface area contributed by atoms with Gasteiger partial charge in [-0.2, -0.15) is 0 Å². The first kappa shape index (κ1) is 14.9. The van der Waals surface area contributed by atoms with E-state index in [1.165, 1.54) is 48.0 Å². The van der Waals surface area contributed by atoms with Gasteiger partial charge >= 0.3 is 0 Å². The predicted molar refractivity (Wildman–Crippen MR) is 86.9 cm³/mol. The van der Waals surface area contributed by atoms with Crippen LogP contribution in [0.4, 0.5) is 5.69 Å². The Morgan fingerprint density at radius 3 is 2.84 bits per heavy atom. The molecule has 3 heteroatoms. The van der Waals surface area contributed by atoms with Crippen molar-refractivity contribution in [1.29, 1.82) is 0 Å². The maximum absolute atomic E-state index is 3.77. The molecule has 0 saturated carbocycles. The third-order valence-corrected chi connectivity index (χ3v) is 4.95. The summed E-state index contributed by atoms with van der Waals surface area (Å²) in [7, 11) is 2.00. The number of halogens is 1. The third kappa shape index (κ3) is 3.32. The van der Waals surface area contributed by atoms with Crippen molar-refractivity contribution in [3.8, 4) is 0 Å². The second-order valence-electron chi connectivity index (χ2n) is 5.47. The molecule has 2 atom stereocenters. The monoisotopic (exact) mass is 324 g/mol. The molecule has 1 aliphatic heterocycles. The Labute approximate surface area is 125 Å². The van der Waals surface area contributed by atoms with Crippen molar-refractivity contribution < 1.29 is 0 Å². The quantitative estimate of drug-likeness (QED) is 0.877. The van der Waals surface area contributed by atoms with Crippen molar-refractivity contribution in [3.63, 3.8) is 0 Å². The fraction of sp³-hybridized carbons (Fsp3) is 0.625. The molecule has 0 spiro atoms. The molecule has 1 saturated heterocycles. The Balaban J connectivity index is 2.24. The molecule has 1 aromatic carbocycles. The number of rotatable bonds is 4. The Morgan fingerprint density at radius 1 is 1.42 bits per heavy atom. The van der Waals surface area contributed by atoms with Gasteiger partial charge in [-0.15, -0.1) is 0 Å². The van der Waals surface area contributed by atoms with E-state index < -0.39 is 0 Å². The molecule has 19 heavy (non-hydrogen) atoms. The van der Waals surface area contributed by atoms with Crippen LogP contribution in [0.15, 0.2) is 22.7 Å². The molecule has 106 valence electrons. The van der Waals surface area contributed by atoms with Crippen LogP contribution in [0.3, 0.4) is 0 Å². The third-order valence-electron chi connectivity index (χ3n) is 4.31. The van der Waals surface area contributed by atoms with Crippen LogP contribution in [0.25, 0.3) is 0 Å². The van der Waals surface area contributed by atoms with Gasteiger partial charge in [-0.25, -0.2) is 0 Å². The van der Waals surface area contributed by atoms with Crippen molar-refractivity contribution >= 4 is 21.6 Å². The molecule has 1 heterocycles. The molecule has 2 nitrogen and oxygen atoms in total. The van der Waals surface area contributed by atoms with Crippen LogP contribution in [0.2, 0.25) is 0 Å². The normalized spacial score (nSPS) is 21.5. The zero-order valence-corrected chi connectivity index (χ0v) is 13.8. The van der Waals surface area contributed by atoms with E-state index in [0.717, 1.165) is 0 Å². The summed E-state index contributed by atoms with van der Waals surface area (Å²) >= 11 is 3.77. The molecule has 0 amide bonds. The first-order valence-corrected chi connectivity index (χ1v) is 8.20. The van der Waals surface area contributed by atoms with Crippen LogP contribution in [-0.4, -0.2) is 19.6 Å². The first-order chi connectivity index (χ1) is 9.17.